The summed E-state index contributed by atoms with van der Waals surface area (Å²) >= 11 is 0. The summed E-state index contributed by atoms with van der Waals surface area (Å²) in [5.41, 5.74) is 4.46. The first kappa shape index (κ1) is 20.1. The van der Waals surface area contributed by atoms with Crippen LogP contribution in [-0.2, 0) is 9.53 Å². The van der Waals surface area contributed by atoms with Gasteiger partial charge in [0.15, 0.2) is 0 Å². The molecule has 1 unspecified atom stereocenters. The minimum absolute atomic E-state index is 0.0409. The van der Waals surface area contributed by atoms with Gasteiger partial charge in [0.1, 0.15) is 12.1 Å². The average Bonchev–Trinajstić information content (AvgIpc) is 2.78. The first-order chi connectivity index (χ1) is 14.6. The fraction of sp³-hybridized carbons (Fsp3) is 0.222. The van der Waals surface area contributed by atoms with Gasteiger partial charge in [-0.2, -0.15) is 0 Å². The number of benzene rings is 3. The molecule has 1 saturated heterocycles. The Balaban J connectivity index is 1.64. The molecule has 3 heteroatoms. The summed E-state index contributed by atoms with van der Waals surface area (Å²) in [7, 11) is 2.04. The number of morpholine rings is 1. The topological polar surface area (TPSA) is 29.5 Å². The normalized spacial score (nSPS) is 22.5. The Morgan fingerprint density at radius 2 is 1.40 bits per heavy atom. The average molecular weight is 398 g/mol. The Morgan fingerprint density at radius 1 is 0.867 bits per heavy atom. The van der Waals surface area contributed by atoms with Gasteiger partial charge in [-0.3, -0.25) is 9.69 Å². The van der Waals surface area contributed by atoms with Crippen LogP contribution in [0.15, 0.2) is 96.6 Å². The molecule has 1 aliphatic rings. The first-order valence-corrected chi connectivity index (χ1v) is 10.4. The van der Waals surface area contributed by atoms with E-state index in [4.69, 9.17) is 4.74 Å². The molecular formula is C27H27NO2. The second-order valence-electron chi connectivity index (χ2n) is 7.91. The van der Waals surface area contributed by atoms with Crippen molar-refractivity contribution in [1.82, 2.24) is 4.90 Å². The zero-order valence-corrected chi connectivity index (χ0v) is 17.4. The highest BCUT2D eigenvalue weighted by molar-refractivity contribution is 5.78. The molecule has 4 rings (SSSR count). The second kappa shape index (κ2) is 9.10. The number of hydrogen-bond donors (Lipinski definition) is 0. The number of rotatable bonds is 5. The van der Waals surface area contributed by atoms with Crippen LogP contribution in [0.3, 0.4) is 0 Å². The van der Waals surface area contributed by atoms with Gasteiger partial charge in [0.2, 0.25) is 0 Å². The quantitative estimate of drug-likeness (QED) is 0.508. The van der Waals surface area contributed by atoms with Gasteiger partial charge in [-0.15, -0.1) is 0 Å². The third-order valence-corrected chi connectivity index (χ3v) is 5.73. The molecule has 3 aromatic rings. The number of cyclic esters (lactones) is 1. The Kier molecular flexibility index (Phi) is 6.10. The zero-order valence-electron chi connectivity index (χ0n) is 17.4. The number of hydrogen-bond acceptors (Lipinski definition) is 3. The molecule has 3 atom stereocenters. The number of ether oxygens (including phenoxy) is 1. The Morgan fingerprint density at radius 3 is 2.00 bits per heavy atom. The molecule has 30 heavy (non-hydrogen) atoms. The number of carbonyl (C=O) groups excluding carboxylic acids is 1. The van der Waals surface area contributed by atoms with Gasteiger partial charge in [0.05, 0.1) is 6.04 Å². The van der Waals surface area contributed by atoms with E-state index < -0.39 is 0 Å². The van der Waals surface area contributed by atoms with E-state index in [0.29, 0.717) is 6.42 Å². The van der Waals surface area contributed by atoms with E-state index in [9.17, 15) is 4.79 Å². The smallest absolute Gasteiger partial charge is 0.324 e. The minimum atomic E-state index is -0.333. The Bertz CT molecular complexity index is 999. The molecule has 3 aromatic carbocycles. The van der Waals surface area contributed by atoms with Gasteiger partial charge in [-0.05, 0) is 37.1 Å². The van der Waals surface area contributed by atoms with Crippen LogP contribution in [0.5, 0.6) is 0 Å². The zero-order chi connectivity index (χ0) is 20.9. The third-order valence-electron chi connectivity index (χ3n) is 5.73. The van der Waals surface area contributed by atoms with Gasteiger partial charge < -0.3 is 4.74 Å². The van der Waals surface area contributed by atoms with Crippen molar-refractivity contribution in [2.24, 2.45) is 0 Å². The lowest BCUT2D eigenvalue weighted by molar-refractivity contribution is -0.173. The van der Waals surface area contributed by atoms with Crippen molar-refractivity contribution in [3.8, 4) is 0 Å². The summed E-state index contributed by atoms with van der Waals surface area (Å²) in [6.07, 6.45) is 2.44. The molecule has 0 N–H and O–H groups in total. The van der Waals surface area contributed by atoms with Crippen LogP contribution >= 0.6 is 0 Å². The van der Waals surface area contributed by atoms with Crippen LogP contribution in [0.25, 0.3) is 6.08 Å². The van der Waals surface area contributed by atoms with Gasteiger partial charge in [-0.25, -0.2) is 0 Å². The number of nitrogens with zero attached hydrogens (tertiary/aromatic N) is 1. The Labute approximate surface area is 178 Å². The molecule has 0 aliphatic carbocycles. The maximum absolute atomic E-state index is 13.1. The predicted molar refractivity (Wildman–Crippen MR) is 121 cm³/mol. The Hall–Kier alpha value is -3.17. The number of esters is 1. The van der Waals surface area contributed by atoms with Crippen molar-refractivity contribution >= 4 is 12.0 Å². The molecule has 1 fully saturated rings. The lowest BCUT2D eigenvalue weighted by Gasteiger charge is -2.43. The fourth-order valence-corrected chi connectivity index (χ4v) is 4.22. The third kappa shape index (κ3) is 4.37. The van der Waals surface area contributed by atoms with E-state index in [1.54, 1.807) is 0 Å². The monoisotopic (exact) mass is 397 g/mol. The lowest BCUT2D eigenvalue weighted by atomic mass is 9.90. The van der Waals surface area contributed by atoms with E-state index in [2.05, 4.69) is 42.2 Å². The highest BCUT2D eigenvalue weighted by Gasteiger charge is 2.43. The van der Waals surface area contributed by atoms with Crippen molar-refractivity contribution < 1.29 is 9.53 Å². The molecule has 0 amide bonds. The van der Waals surface area contributed by atoms with Crippen molar-refractivity contribution in [3.05, 3.63) is 113 Å². The lowest BCUT2D eigenvalue weighted by Crippen LogP contribution is -2.49. The minimum Gasteiger partial charge on any atom is -0.454 e. The van der Waals surface area contributed by atoms with Crippen LogP contribution in [0, 0.1) is 0 Å². The fourth-order valence-electron chi connectivity index (χ4n) is 4.22. The van der Waals surface area contributed by atoms with Crippen molar-refractivity contribution in [2.45, 2.75) is 31.5 Å². The van der Waals surface area contributed by atoms with Crippen molar-refractivity contribution in [2.75, 3.05) is 7.05 Å². The maximum atomic E-state index is 13.1. The summed E-state index contributed by atoms with van der Waals surface area (Å²) in [6, 6.07) is 30.2. The maximum Gasteiger partial charge on any atom is 0.324 e. The summed E-state index contributed by atoms with van der Waals surface area (Å²) < 4.78 is 6.07. The first-order valence-electron chi connectivity index (χ1n) is 10.4. The second-order valence-corrected chi connectivity index (χ2v) is 7.91. The molecule has 0 aromatic heterocycles. The van der Waals surface area contributed by atoms with E-state index in [1.165, 1.54) is 0 Å². The highest BCUT2D eigenvalue weighted by atomic mass is 16.6. The summed E-state index contributed by atoms with van der Waals surface area (Å²) in [4.78, 5) is 15.2. The van der Waals surface area contributed by atoms with E-state index in [0.717, 1.165) is 22.3 Å². The van der Waals surface area contributed by atoms with Gasteiger partial charge in [0, 0.05) is 0 Å². The molecule has 0 spiro atoms. The van der Waals surface area contributed by atoms with Crippen molar-refractivity contribution in [1.29, 1.82) is 0 Å². The molecule has 3 nitrogen and oxygen atoms in total. The summed E-state index contributed by atoms with van der Waals surface area (Å²) in [5.74, 6) is -0.167. The predicted octanol–water partition coefficient (Wildman–Crippen LogP) is 5.82. The van der Waals surface area contributed by atoms with Crippen LogP contribution < -0.4 is 0 Å². The molecule has 0 saturated carbocycles. The van der Waals surface area contributed by atoms with Gasteiger partial charge >= 0.3 is 5.97 Å². The van der Waals surface area contributed by atoms with E-state index in [1.807, 2.05) is 73.8 Å². The molecule has 0 bridgehead atoms. The molecule has 1 heterocycles. The van der Waals surface area contributed by atoms with Crippen molar-refractivity contribution in [3.63, 3.8) is 0 Å². The SMILES string of the molecule is CC(=Cc1ccccc1)CC1C(=O)O[C@@H](c2ccccc2)[C@@H](c2ccccc2)N1C. The molecule has 152 valence electrons. The molecular weight excluding hydrogens is 370 g/mol. The summed E-state index contributed by atoms with van der Waals surface area (Å²) in [5, 5.41) is 0. The van der Waals surface area contributed by atoms with Crippen LogP contribution in [0.4, 0.5) is 0 Å². The summed E-state index contributed by atoms with van der Waals surface area (Å²) in [6.45, 7) is 2.08. The standard InChI is InChI=1S/C27H27NO2/c1-20(18-21-12-6-3-7-13-21)19-24-27(29)30-26(23-16-10-5-11-17-23)25(28(24)2)22-14-8-4-9-15-22/h3-18,24-26H,19H2,1-2H3/t24?,25-,26+/m1/s1. The van der Waals surface area contributed by atoms with Crippen LogP contribution in [-0.4, -0.2) is 24.0 Å². The molecule has 1 aliphatic heterocycles. The van der Waals surface area contributed by atoms with Gasteiger partial charge in [0.25, 0.3) is 0 Å². The van der Waals surface area contributed by atoms with Crippen LogP contribution in [0.2, 0.25) is 0 Å². The number of likely N-dealkylation sites (N-methyl/N-ethyl adjacent to an activating group) is 1. The van der Waals surface area contributed by atoms with E-state index in [-0.39, 0.29) is 24.2 Å². The van der Waals surface area contributed by atoms with Gasteiger partial charge in [-0.1, -0.05) is 103 Å². The molecule has 0 radical (unpaired) electrons. The van der Waals surface area contributed by atoms with Crippen LogP contribution in [0.1, 0.15) is 42.2 Å². The number of carbonyl (C=O) groups is 1. The highest BCUT2D eigenvalue weighted by Crippen LogP contribution is 2.42. The van der Waals surface area contributed by atoms with E-state index >= 15 is 0 Å². The largest absolute Gasteiger partial charge is 0.454 e.